The summed E-state index contributed by atoms with van der Waals surface area (Å²) in [5.74, 6) is 0.293. The molecule has 2 unspecified atom stereocenters. The zero-order valence-electron chi connectivity index (χ0n) is 9.22. The largest absolute Gasteiger partial charge is 0.326 e. The molecule has 0 bridgehead atoms. The standard InChI is InChI=1S/C10H20N2O2S/c1-8-6-12(7-10(8)11)15(13,14)9-4-2-3-5-9/h8-10H,2-7,11H2,1H3. The minimum Gasteiger partial charge on any atom is -0.326 e. The van der Waals surface area contributed by atoms with Crippen molar-refractivity contribution in [2.75, 3.05) is 13.1 Å². The van der Waals surface area contributed by atoms with Gasteiger partial charge in [0.05, 0.1) is 5.25 Å². The Morgan fingerprint density at radius 2 is 1.80 bits per heavy atom. The first-order chi connectivity index (χ1) is 7.01. The third kappa shape index (κ3) is 2.05. The zero-order valence-corrected chi connectivity index (χ0v) is 10.0. The summed E-state index contributed by atoms with van der Waals surface area (Å²) in [6.07, 6.45) is 3.78. The highest BCUT2D eigenvalue weighted by Gasteiger charge is 2.39. The Labute approximate surface area is 91.9 Å². The molecular weight excluding hydrogens is 212 g/mol. The highest BCUT2D eigenvalue weighted by Crippen LogP contribution is 2.29. The van der Waals surface area contributed by atoms with E-state index in [2.05, 4.69) is 0 Å². The lowest BCUT2D eigenvalue weighted by atomic mass is 10.1. The third-order valence-electron chi connectivity index (χ3n) is 3.72. The molecule has 2 atom stereocenters. The maximum Gasteiger partial charge on any atom is 0.217 e. The van der Waals surface area contributed by atoms with Gasteiger partial charge in [0, 0.05) is 19.1 Å². The second kappa shape index (κ2) is 4.03. The second-order valence-corrected chi connectivity index (χ2v) is 7.12. The van der Waals surface area contributed by atoms with Gasteiger partial charge in [0.1, 0.15) is 0 Å². The van der Waals surface area contributed by atoms with Gasteiger partial charge in [-0.1, -0.05) is 19.8 Å². The van der Waals surface area contributed by atoms with Crippen LogP contribution in [0, 0.1) is 5.92 Å². The van der Waals surface area contributed by atoms with Crippen LogP contribution in [0.15, 0.2) is 0 Å². The lowest BCUT2D eigenvalue weighted by Gasteiger charge is -2.20. The summed E-state index contributed by atoms with van der Waals surface area (Å²) in [7, 11) is -3.05. The van der Waals surface area contributed by atoms with E-state index in [1.165, 1.54) is 0 Å². The smallest absolute Gasteiger partial charge is 0.217 e. The van der Waals surface area contributed by atoms with E-state index >= 15 is 0 Å². The van der Waals surface area contributed by atoms with E-state index < -0.39 is 10.0 Å². The Kier molecular flexibility index (Phi) is 3.05. The van der Waals surface area contributed by atoms with E-state index in [4.69, 9.17) is 5.73 Å². The van der Waals surface area contributed by atoms with Crippen molar-refractivity contribution >= 4 is 10.0 Å². The van der Waals surface area contributed by atoms with Crippen LogP contribution in [0.4, 0.5) is 0 Å². The van der Waals surface area contributed by atoms with Gasteiger partial charge >= 0.3 is 0 Å². The molecular formula is C10H20N2O2S. The molecule has 2 N–H and O–H groups in total. The fraction of sp³-hybridized carbons (Fsp3) is 1.00. The summed E-state index contributed by atoms with van der Waals surface area (Å²) >= 11 is 0. The van der Waals surface area contributed by atoms with Crippen LogP contribution in [-0.4, -0.2) is 37.1 Å². The fourth-order valence-corrected chi connectivity index (χ4v) is 4.72. The molecule has 15 heavy (non-hydrogen) atoms. The summed E-state index contributed by atoms with van der Waals surface area (Å²) in [5.41, 5.74) is 5.86. The van der Waals surface area contributed by atoms with Gasteiger partial charge in [-0.25, -0.2) is 8.42 Å². The van der Waals surface area contributed by atoms with E-state index in [9.17, 15) is 8.42 Å². The van der Waals surface area contributed by atoms with E-state index in [1.807, 2.05) is 6.92 Å². The molecule has 1 heterocycles. The minimum absolute atomic E-state index is 0.0150. The molecule has 0 radical (unpaired) electrons. The maximum atomic E-state index is 12.2. The van der Waals surface area contributed by atoms with Crippen molar-refractivity contribution < 1.29 is 8.42 Å². The van der Waals surface area contributed by atoms with E-state index in [0.29, 0.717) is 19.0 Å². The van der Waals surface area contributed by atoms with Gasteiger partial charge in [-0.2, -0.15) is 4.31 Å². The normalized spacial score (nSPS) is 35.1. The van der Waals surface area contributed by atoms with Crippen molar-refractivity contribution in [3.8, 4) is 0 Å². The van der Waals surface area contributed by atoms with Gasteiger partial charge in [0.2, 0.25) is 10.0 Å². The van der Waals surface area contributed by atoms with Gasteiger partial charge in [0.15, 0.2) is 0 Å². The average Bonchev–Trinajstić information content (AvgIpc) is 2.77. The van der Waals surface area contributed by atoms with Crippen LogP contribution in [0.3, 0.4) is 0 Å². The molecule has 0 amide bonds. The molecule has 1 aliphatic carbocycles. The van der Waals surface area contributed by atoms with Gasteiger partial charge < -0.3 is 5.73 Å². The van der Waals surface area contributed by atoms with Gasteiger partial charge in [-0.3, -0.25) is 0 Å². The number of hydrogen-bond donors (Lipinski definition) is 1. The molecule has 0 aromatic carbocycles. The number of sulfonamides is 1. The number of hydrogen-bond acceptors (Lipinski definition) is 3. The van der Waals surface area contributed by atoms with Crippen molar-refractivity contribution in [2.24, 2.45) is 11.7 Å². The topological polar surface area (TPSA) is 63.4 Å². The molecule has 1 aliphatic heterocycles. The van der Waals surface area contributed by atoms with Gasteiger partial charge in [-0.05, 0) is 18.8 Å². The summed E-state index contributed by atoms with van der Waals surface area (Å²) in [6, 6.07) is 0.0150. The Balaban J connectivity index is 2.09. The summed E-state index contributed by atoms with van der Waals surface area (Å²) < 4.78 is 26.0. The summed E-state index contributed by atoms with van der Waals surface area (Å²) in [4.78, 5) is 0. The molecule has 0 aromatic heterocycles. The fourth-order valence-electron chi connectivity index (χ4n) is 2.55. The molecule has 2 aliphatic rings. The van der Waals surface area contributed by atoms with Crippen LogP contribution in [-0.2, 0) is 10.0 Å². The Bertz CT molecular complexity index is 312. The quantitative estimate of drug-likeness (QED) is 0.755. The highest BCUT2D eigenvalue weighted by molar-refractivity contribution is 7.89. The first-order valence-corrected chi connectivity index (χ1v) is 7.26. The molecule has 0 aromatic rings. The monoisotopic (exact) mass is 232 g/mol. The molecule has 1 saturated heterocycles. The van der Waals surface area contributed by atoms with Crippen LogP contribution < -0.4 is 5.73 Å². The Morgan fingerprint density at radius 1 is 1.20 bits per heavy atom. The van der Waals surface area contributed by atoms with E-state index in [0.717, 1.165) is 25.7 Å². The second-order valence-electron chi connectivity index (χ2n) is 4.91. The molecule has 88 valence electrons. The molecule has 1 saturated carbocycles. The molecule has 5 heteroatoms. The number of nitrogens with two attached hydrogens (primary N) is 1. The zero-order chi connectivity index (χ0) is 11.1. The van der Waals surface area contributed by atoms with Crippen LogP contribution >= 0.6 is 0 Å². The van der Waals surface area contributed by atoms with Crippen molar-refractivity contribution in [1.29, 1.82) is 0 Å². The Hall–Kier alpha value is -0.130. The van der Waals surface area contributed by atoms with Gasteiger partial charge in [-0.15, -0.1) is 0 Å². The van der Waals surface area contributed by atoms with Crippen LogP contribution in [0.2, 0.25) is 0 Å². The molecule has 2 fully saturated rings. The third-order valence-corrected chi connectivity index (χ3v) is 6.05. The lowest BCUT2D eigenvalue weighted by Crippen LogP contribution is -2.37. The summed E-state index contributed by atoms with van der Waals surface area (Å²) in [5, 5.41) is -0.130. The minimum atomic E-state index is -3.05. The predicted molar refractivity (Wildman–Crippen MR) is 59.9 cm³/mol. The SMILES string of the molecule is CC1CN(S(=O)(=O)C2CCCC2)CC1N. The number of rotatable bonds is 2. The van der Waals surface area contributed by atoms with Crippen molar-refractivity contribution in [2.45, 2.75) is 43.9 Å². The van der Waals surface area contributed by atoms with Gasteiger partial charge in [0.25, 0.3) is 0 Å². The molecule has 4 nitrogen and oxygen atoms in total. The summed E-state index contributed by atoms with van der Waals surface area (Å²) in [6.45, 7) is 3.15. The van der Waals surface area contributed by atoms with Crippen molar-refractivity contribution in [1.82, 2.24) is 4.31 Å². The first-order valence-electron chi connectivity index (χ1n) is 5.76. The first kappa shape index (κ1) is 11.4. The Morgan fingerprint density at radius 3 is 2.27 bits per heavy atom. The molecule has 0 spiro atoms. The van der Waals surface area contributed by atoms with Crippen molar-refractivity contribution in [3.05, 3.63) is 0 Å². The van der Waals surface area contributed by atoms with Crippen molar-refractivity contribution in [3.63, 3.8) is 0 Å². The van der Waals surface area contributed by atoms with E-state index in [-0.39, 0.29) is 11.3 Å². The number of nitrogens with zero attached hydrogens (tertiary/aromatic N) is 1. The van der Waals surface area contributed by atoms with Crippen LogP contribution in [0.1, 0.15) is 32.6 Å². The van der Waals surface area contributed by atoms with E-state index in [1.54, 1.807) is 4.31 Å². The maximum absolute atomic E-state index is 12.2. The highest BCUT2D eigenvalue weighted by atomic mass is 32.2. The average molecular weight is 232 g/mol. The van der Waals surface area contributed by atoms with Crippen LogP contribution in [0.5, 0.6) is 0 Å². The predicted octanol–water partition coefficient (Wildman–Crippen LogP) is 0.538. The molecule has 2 rings (SSSR count). The van der Waals surface area contributed by atoms with Crippen LogP contribution in [0.25, 0.3) is 0 Å². The lowest BCUT2D eigenvalue weighted by molar-refractivity contribution is 0.453.